The molecule has 6 heteroatoms. The number of ketones is 1. The van der Waals surface area contributed by atoms with Gasteiger partial charge in [-0.1, -0.05) is 0 Å². The first-order chi connectivity index (χ1) is 7.40. The van der Waals surface area contributed by atoms with Gasteiger partial charge in [0.2, 0.25) is 5.91 Å². The monoisotopic (exact) mass is 239 g/mol. The summed E-state index contributed by atoms with van der Waals surface area (Å²) < 4.78 is 23.0. The Bertz CT molecular complexity index is 589. The molecule has 0 unspecified atom stereocenters. The Morgan fingerprint density at radius 2 is 2.06 bits per heavy atom. The number of rotatable bonds is 1. The number of Topliss-reactive ketones (excluding diaryl/α,β-unsaturated/α-hetero) is 1. The Morgan fingerprint density at radius 1 is 1.38 bits per heavy atom. The van der Waals surface area contributed by atoms with E-state index < -0.39 is 21.4 Å². The van der Waals surface area contributed by atoms with E-state index in [1.807, 2.05) is 0 Å². The fourth-order valence-corrected chi connectivity index (χ4v) is 3.07. The summed E-state index contributed by atoms with van der Waals surface area (Å²) in [6, 6.07) is 4.21. The zero-order valence-corrected chi connectivity index (χ0v) is 9.30. The summed E-state index contributed by atoms with van der Waals surface area (Å²) in [5, 5.41) is 2.50. The second-order valence-corrected chi connectivity index (χ2v) is 5.53. The van der Waals surface area contributed by atoms with Crippen LogP contribution in [0.15, 0.2) is 23.1 Å². The lowest BCUT2D eigenvalue weighted by molar-refractivity contribution is -0.114. The van der Waals surface area contributed by atoms with Crippen LogP contribution in [0.2, 0.25) is 0 Å². The van der Waals surface area contributed by atoms with Crippen LogP contribution in [-0.2, 0) is 14.6 Å². The largest absolute Gasteiger partial charge is 0.326 e. The average Bonchev–Trinajstić information content (AvgIpc) is 2.36. The van der Waals surface area contributed by atoms with Gasteiger partial charge in [0.25, 0.3) is 0 Å². The molecule has 2 rings (SSSR count). The summed E-state index contributed by atoms with van der Waals surface area (Å²) in [6.45, 7) is 1.34. The molecule has 0 aromatic heterocycles. The fourth-order valence-electron chi connectivity index (χ4n) is 1.63. The van der Waals surface area contributed by atoms with E-state index in [-0.39, 0.29) is 16.4 Å². The summed E-state index contributed by atoms with van der Waals surface area (Å²) >= 11 is 0. The van der Waals surface area contributed by atoms with Gasteiger partial charge in [0.1, 0.15) is 5.75 Å². The molecule has 84 valence electrons. The topological polar surface area (TPSA) is 80.3 Å². The zero-order chi connectivity index (χ0) is 11.9. The van der Waals surface area contributed by atoms with E-state index in [2.05, 4.69) is 5.32 Å². The third-order valence-corrected chi connectivity index (χ3v) is 3.92. The lowest BCUT2D eigenvalue weighted by atomic mass is 10.1. The number of hydrogen-bond acceptors (Lipinski definition) is 4. The number of carbonyl (C=O) groups excluding carboxylic acids is 2. The number of nitrogens with one attached hydrogen (secondary N) is 1. The Balaban J connectivity index is 2.53. The molecular weight excluding hydrogens is 230 g/mol. The molecule has 0 atom stereocenters. The second-order valence-electron chi connectivity index (χ2n) is 3.57. The van der Waals surface area contributed by atoms with Gasteiger partial charge in [-0.2, -0.15) is 0 Å². The maximum absolute atomic E-state index is 11.5. The third-order valence-electron chi connectivity index (χ3n) is 2.26. The minimum absolute atomic E-state index is 0.0478. The smallest absolute Gasteiger partial charge is 0.221 e. The van der Waals surface area contributed by atoms with Crippen LogP contribution in [0.4, 0.5) is 5.69 Å². The predicted molar refractivity (Wildman–Crippen MR) is 57.1 cm³/mol. The van der Waals surface area contributed by atoms with Gasteiger partial charge >= 0.3 is 0 Å². The number of benzene rings is 1. The zero-order valence-electron chi connectivity index (χ0n) is 8.48. The van der Waals surface area contributed by atoms with Crippen molar-refractivity contribution >= 4 is 27.2 Å². The predicted octanol–water partition coefficient (Wildman–Crippen LogP) is 0.615. The second kappa shape index (κ2) is 3.41. The molecule has 1 amide bonds. The maximum Gasteiger partial charge on any atom is 0.221 e. The van der Waals surface area contributed by atoms with Crippen molar-refractivity contribution in [1.29, 1.82) is 0 Å². The lowest BCUT2D eigenvalue weighted by Crippen LogP contribution is -2.06. The minimum Gasteiger partial charge on any atom is -0.326 e. The highest BCUT2D eigenvalue weighted by atomic mass is 32.2. The summed E-state index contributed by atoms with van der Waals surface area (Å²) in [5.74, 6) is -1.18. The van der Waals surface area contributed by atoms with E-state index in [9.17, 15) is 18.0 Å². The average molecular weight is 239 g/mol. The highest BCUT2D eigenvalue weighted by Crippen LogP contribution is 2.28. The van der Waals surface area contributed by atoms with Crippen molar-refractivity contribution < 1.29 is 18.0 Å². The van der Waals surface area contributed by atoms with Gasteiger partial charge in [-0.25, -0.2) is 8.42 Å². The molecule has 0 saturated heterocycles. The van der Waals surface area contributed by atoms with E-state index in [4.69, 9.17) is 0 Å². The molecule has 0 bridgehead atoms. The van der Waals surface area contributed by atoms with Crippen molar-refractivity contribution in [3.8, 4) is 0 Å². The summed E-state index contributed by atoms with van der Waals surface area (Å²) in [5.41, 5.74) is 0.586. The van der Waals surface area contributed by atoms with Gasteiger partial charge in [-0.3, -0.25) is 9.59 Å². The summed E-state index contributed by atoms with van der Waals surface area (Å²) in [6.07, 6.45) is 0. The minimum atomic E-state index is -3.46. The number of carbonyl (C=O) groups is 2. The molecule has 5 nitrogen and oxygen atoms in total. The Kier molecular flexibility index (Phi) is 2.31. The van der Waals surface area contributed by atoms with Crippen LogP contribution in [-0.4, -0.2) is 25.9 Å². The van der Waals surface area contributed by atoms with E-state index in [1.54, 1.807) is 0 Å². The standard InChI is InChI=1S/C10H9NO4S/c1-6(12)11-7-2-3-10-8(4-7)9(13)5-16(10,14)15/h2-4H,5H2,1H3,(H,11,12). The first-order valence-corrected chi connectivity index (χ1v) is 6.23. The molecular formula is C10H9NO4S. The van der Waals surface area contributed by atoms with Gasteiger partial charge in [0.15, 0.2) is 15.6 Å². The van der Waals surface area contributed by atoms with Gasteiger partial charge in [-0.05, 0) is 18.2 Å². The summed E-state index contributed by atoms with van der Waals surface area (Å²) in [4.78, 5) is 22.3. The number of fused-ring (bicyclic) bond motifs is 1. The van der Waals surface area contributed by atoms with E-state index >= 15 is 0 Å². The molecule has 0 saturated carbocycles. The van der Waals surface area contributed by atoms with Gasteiger partial charge < -0.3 is 5.32 Å². The van der Waals surface area contributed by atoms with Crippen LogP contribution in [0.3, 0.4) is 0 Å². The first-order valence-electron chi connectivity index (χ1n) is 4.58. The van der Waals surface area contributed by atoms with Crippen molar-refractivity contribution in [2.45, 2.75) is 11.8 Å². The van der Waals surface area contributed by atoms with Crippen LogP contribution >= 0.6 is 0 Å². The number of sulfone groups is 1. The van der Waals surface area contributed by atoms with Crippen LogP contribution in [0, 0.1) is 0 Å². The van der Waals surface area contributed by atoms with Crippen molar-refractivity contribution in [2.75, 3.05) is 11.1 Å². The van der Waals surface area contributed by atoms with Gasteiger partial charge in [0.05, 0.1) is 4.90 Å². The molecule has 16 heavy (non-hydrogen) atoms. The first kappa shape index (κ1) is 10.8. The van der Waals surface area contributed by atoms with Crippen LogP contribution < -0.4 is 5.32 Å². The van der Waals surface area contributed by atoms with E-state index in [1.165, 1.54) is 25.1 Å². The quantitative estimate of drug-likeness (QED) is 0.778. The Morgan fingerprint density at radius 3 is 2.69 bits per heavy atom. The molecule has 1 N–H and O–H groups in total. The molecule has 0 spiro atoms. The molecule has 1 aromatic rings. The van der Waals surface area contributed by atoms with Crippen molar-refractivity contribution in [1.82, 2.24) is 0 Å². The number of hydrogen-bond donors (Lipinski definition) is 1. The van der Waals surface area contributed by atoms with Crippen LogP contribution in [0.25, 0.3) is 0 Å². The van der Waals surface area contributed by atoms with E-state index in [0.717, 1.165) is 0 Å². The normalized spacial score (nSPS) is 16.9. The fraction of sp³-hybridized carbons (Fsp3) is 0.200. The molecule has 1 aromatic carbocycles. The number of amides is 1. The molecule has 1 heterocycles. The Hall–Kier alpha value is -1.69. The third kappa shape index (κ3) is 1.71. The molecule has 0 fully saturated rings. The van der Waals surface area contributed by atoms with Crippen LogP contribution in [0.5, 0.6) is 0 Å². The maximum atomic E-state index is 11.5. The molecule has 0 radical (unpaired) electrons. The van der Waals surface area contributed by atoms with E-state index in [0.29, 0.717) is 5.69 Å². The number of anilines is 1. The molecule has 0 aliphatic carbocycles. The van der Waals surface area contributed by atoms with Gasteiger partial charge in [-0.15, -0.1) is 0 Å². The lowest BCUT2D eigenvalue weighted by Gasteiger charge is -2.03. The van der Waals surface area contributed by atoms with Crippen molar-refractivity contribution in [3.63, 3.8) is 0 Å². The van der Waals surface area contributed by atoms with Crippen molar-refractivity contribution in [3.05, 3.63) is 23.8 Å². The SMILES string of the molecule is CC(=O)Nc1ccc2c(c1)C(=O)CS2(=O)=O. The highest BCUT2D eigenvalue weighted by molar-refractivity contribution is 7.92. The molecule has 1 aliphatic rings. The summed E-state index contributed by atoms with van der Waals surface area (Å²) in [7, 11) is -3.46. The Labute approximate surface area is 92.4 Å². The highest BCUT2D eigenvalue weighted by Gasteiger charge is 2.33. The van der Waals surface area contributed by atoms with Gasteiger partial charge in [0, 0.05) is 18.2 Å². The molecule has 1 aliphatic heterocycles. The van der Waals surface area contributed by atoms with Crippen LogP contribution in [0.1, 0.15) is 17.3 Å². The van der Waals surface area contributed by atoms with Crippen molar-refractivity contribution in [2.24, 2.45) is 0 Å².